The summed E-state index contributed by atoms with van der Waals surface area (Å²) in [4.78, 5) is 17.5. The predicted molar refractivity (Wildman–Crippen MR) is 69.4 cm³/mol. The molecule has 0 saturated heterocycles. The molecule has 0 spiro atoms. The molecule has 0 radical (unpaired) electrons. The Morgan fingerprint density at radius 2 is 2.27 bits per heavy atom. The molecule has 0 N–H and O–H groups in total. The first-order chi connectivity index (χ1) is 7.00. The lowest BCUT2D eigenvalue weighted by Gasteiger charge is -2.06. The molecular formula is C10H10ClIN2O. The summed E-state index contributed by atoms with van der Waals surface area (Å²) in [7, 11) is 3.73. The van der Waals surface area contributed by atoms with Gasteiger partial charge in [-0.05, 0) is 34.7 Å². The maximum Gasteiger partial charge on any atom is 0.200 e. The number of carbonyl (C=O) groups is 1. The first kappa shape index (κ1) is 12.4. The third-order valence-corrected chi connectivity index (χ3v) is 2.55. The average molecular weight is 337 g/mol. The van der Waals surface area contributed by atoms with E-state index in [2.05, 4.69) is 4.98 Å². The Morgan fingerprint density at radius 3 is 2.80 bits per heavy atom. The molecule has 5 heteroatoms. The van der Waals surface area contributed by atoms with Gasteiger partial charge in [-0.3, -0.25) is 4.79 Å². The Balaban J connectivity index is 2.95. The lowest BCUT2D eigenvalue weighted by molar-refractivity contribution is 0.104. The number of halogens is 2. The Morgan fingerprint density at radius 1 is 1.60 bits per heavy atom. The fourth-order valence-electron chi connectivity index (χ4n) is 0.967. The smallest absolute Gasteiger partial charge is 0.200 e. The van der Waals surface area contributed by atoms with Crippen LogP contribution < -0.4 is 0 Å². The van der Waals surface area contributed by atoms with E-state index in [1.54, 1.807) is 18.3 Å². The van der Waals surface area contributed by atoms with Crippen molar-refractivity contribution >= 4 is 40.0 Å². The van der Waals surface area contributed by atoms with Crippen molar-refractivity contribution in [1.82, 2.24) is 9.88 Å². The van der Waals surface area contributed by atoms with Crippen molar-refractivity contribution < 1.29 is 4.79 Å². The maximum absolute atomic E-state index is 11.8. The molecular weight excluding hydrogens is 326 g/mol. The van der Waals surface area contributed by atoms with E-state index in [0.717, 1.165) is 0 Å². The van der Waals surface area contributed by atoms with E-state index in [-0.39, 0.29) is 5.78 Å². The van der Waals surface area contributed by atoms with Crippen molar-refractivity contribution in [1.29, 1.82) is 0 Å². The Hall–Kier alpha value is -0.620. The number of aromatic nitrogens is 1. The quantitative estimate of drug-likeness (QED) is 0.368. The molecule has 80 valence electrons. The van der Waals surface area contributed by atoms with Crippen molar-refractivity contribution in [2.45, 2.75) is 0 Å². The largest absolute Gasteiger partial charge is 0.383 e. The molecule has 15 heavy (non-hydrogen) atoms. The zero-order valence-corrected chi connectivity index (χ0v) is 11.3. The summed E-state index contributed by atoms with van der Waals surface area (Å²) in [6, 6.07) is 3.21. The van der Waals surface area contributed by atoms with Crippen molar-refractivity contribution in [2.75, 3.05) is 14.1 Å². The number of hydrogen-bond acceptors (Lipinski definition) is 3. The van der Waals surface area contributed by atoms with Crippen molar-refractivity contribution in [3.05, 3.63) is 38.8 Å². The first-order valence-corrected chi connectivity index (χ1v) is 5.66. The highest BCUT2D eigenvalue weighted by Crippen LogP contribution is 2.16. The number of hydrogen-bond donors (Lipinski definition) is 0. The highest BCUT2D eigenvalue weighted by Gasteiger charge is 2.10. The van der Waals surface area contributed by atoms with E-state index >= 15 is 0 Å². The van der Waals surface area contributed by atoms with E-state index in [0.29, 0.717) is 14.3 Å². The van der Waals surface area contributed by atoms with Gasteiger partial charge in [0.15, 0.2) is 0 Å². The highest BCUT2D eigenvalue weighted by molar-refractivity contribution is 14.1. The van der Waals surface area contributed by atoms with E-state index < -0.39 is 0 Å². The zero-order valence-electron chi connectivity index (χ0n) is 8.37. The van der Waals surface area contributed by atoms with Crippen LogP contribution >= 0.6 is 34.2 Å². The predicted octanol–water partition coefficient (Wildman–Crippen LogP) is 2.76. The van der Waals surface area contributed by atoms with Crippen LogP contribution in [0.2, 0.25) is 5.15 Å². The number of pyridine rings is 1. The van der Waals surface area contributed by atoms with Crippen LogP contribution in [0.1, 0.15) is 10.4 Å². The average Bonchev–Trinajstić information content (AvgIpc) is 2.15. The summed E-state index contributed by atoms with van der Waals surface area (Å²) in [6.07, 6.45) is 3.28. The second-order valence-electron chi connectivity index (χ2n) is 3.14. The van der Waals surface area contributed by atoms with Crippen LogP contribution in [0.25, 0.3) is 0 Å². The van der Waals surface area contributed by atoms with E-state index in [1.165, 1.54) is 6.20 Å². The summed E-state index contributed by atoms with van der Waals surface area (Å²) in [5.74, 6) is -0.0476. The van der Waals surface area contributed by atoms with Gasteiger partial charge in [-0.15, -0.1) is 0 Å². The van der Waals surface area contributed by atoms with Gasteiger partial charge in [0.1, 0.15) is 5.15 Å². The van der Waals surface area contributed by atoms with Crippen molar-refractivity contribution in [2.24, 2.45) is 0 Å². The van der Waals surface area contributed by atoms with Crippen LogP contribution in [0, 0.1) is 0 Å². The SMILES string of the molecule is CN(C)C=C(I)C(=O)c1ccnc(Cl)c1. The van der Waals surface area contributed by atoms with Gasteiger partial charge in [0.25, 0.3) is 0 Å². The highest BCUT2D eigenvalue weighted by atomic mass is 127. The molecule has 0 bridgehead atoms. The van der Waals surface area contributed by atoms with Crippen LogP contribution in [0.3, 0.4) is 0 Å². The summed E-state index contributed by atoms with van der Waals surface area (Å²) in [5, 5.41) is 0.329. The number of ketones is 1. The molecule has 1 aromatic rings. The minimum absolute atomic E-state index is 0.0476. The summed E-state index contributed by atoms with van der Waals surface area (Å²) >= 11 is 7.71. The monoisotopic (exact) mass is 336 g/mol. The number of Topliss-reactive ketones (excluding diaryl/α,β-unsaturated/α-hetero) is 1. The zero-order chi connectivity index (χ0) is 11.4. The number of carbonyl (C=O) groups excluding carboxylic acids is 1. The minimum Gasteiger partial charge on any atom is -0.383 e. The van der Waals surface area contributed by atoms with Gasteiger partial charge in [0, 0.05) is 32.1 Å². The van der Waals surface area contributed by atoms with Gasteiger partial charge < -0.3 is 4.90 Å². The fraction of sp³-hybridized carbons (Fsp3) is 0.200. The van der Waals surface area contributed by atoms with Crippen LogP contribution in [0.5, 0.6) is 0 Å². The number of rotatable bonds is 3. The molecule has 1 aromatic heterocycles. The molecule has 0 aromatic carbocycles. The molecule has 1 rings (SSSR count). The second kappa shape index (κ2) is 5.46. The minimum atomic E-state index is -0.0476. The molecule has 1 heterocycles. The fourth-order valence-corrected chi connectivity index (χ4v) is 2.01. The summed E-state index contributed by atoms with van der Waals surface area (Å²) in [5.41, 5.74) is 0.553. The van der Waals surface area contributed by atoms with Crippen LogP contribution in [0.15, 0.2) is 28.1 Å². The van der Waals surface area contributed by atoms with Crippen LogP contribution in [-0.4, -0.2) is 29.8 Å². The molecule has 0 aliphatic heterocycles. The Bertz CT molecular complexity index is 404. The lowest BCUT2D eigenvalue weighted by Crippen LogP contribution is -2.06. The van der Waals surface area contributed by atoms with Gasteiger partial charge in [0.2, 0.25) is 5.78 Å². The van der Waals surface area contributed by atoms with E-state index in [4.69, 9.17) is 11.6 Å². The third-order valence-electron chi connectivity index (χ3n) is 1.58. The van der Waals surface area contributed by atoms with Crippen LogP contribution in [0.4, 0.5) is 0 Å². The van der Waals surface area contributed by atoms with Crippen molar-refractivity contribution in [3.63, 3.8) is 0 Å². The van der Waals surface area contributed by atoms with E-state index in [9.17, 15) is 4.79 Å². The van der Waals surface area contributed by atoms with Gasteiger partial charge in [0.05, 0.1) is 3.58 Å². The lowest BCUT2D eigenvalue weighted by atomic mass is 10.2. The molecule has 0 amide bonds. The van der Waals surface area contributed by atoms with Gasteiger partial charge >= 0.3 is 0 Å². The van der Waals surface area contributed by atoms with Gasteiger partial charge in [-0.2, -0.15) is 0 Å². The first-order valence-electron chi connectivity index (χ1n) is 4.20. The third kappa shape index (κ3) is 3.79. The Labute approximate surface area is 107 Å². The van der Waals surface area contributed by atoms with Crippen molar-refractivity contribution in [3.8, 4) is 0 Å². The maximum atomic E-state index is 11.8. The molecule has 0 atom stereocenters. The van der Waals surface area contributed by atoms with Gasteiger partial charge in [-0.1, -0.05) is 11.6 Å². The topological polar surface area (TPSA) is 33.2 Å². The number of nitrogens with zero attached hydrogens (tertiary/aromatic N) is 2. The van der Waals surface area contributed by atoms with E-state index in [1.807, 2.05) is 41.6 Å². The normalized spacial score (nSPS) is 11.3. The standard InChI is InChI=1S/C10H10ClIN2O/c1-14(2)6-8(12)10(15)7-3-4-13-9(11)5-7/h3-6H,1-2H3. The molecule has 0 aliphatic carbocycles. The molecule has 0 fully saturated rings. The van der Waals surface area contributed by atoms with Crippen LogP contribution in [-0.2, 0) is 0 Å². The summed E-state index contributed by atoms with van der Waals surface area (Å²) < 4.78 is 0.639. The van der Waals surface area contributed by atoms with Gasteiger partial charge in [-0.25, -0.2) is 4.98 Å². The molecule has 0 saturated carbocycles. The number of allylic oxidation sites excluding steroid dienone is 1. The Kier molecular flexibility index (Phi) is 4.53. The summed E-state index contributed by atoms with van der Waals surface area (Å²) in [6.45, 7) is 0. The molecule has 3 nitrogen and oxygen atoms in total. The second-order valence-corrected chi connectivity index (χ2v) is 4.69. The molecule has 0 unspecified atom stereocenters. The molecule has 0 aliphatic rings.